The summed E-state index contributed by atoms with van der Waals surface area (Å²) in [5.74, 6) is -0.526. The molecule has 6 heteroatoms. The predicted octanol–water partition coefficient (Wildman–Crippen LogP) is 4.87. The fraction of sp³-hybridized carbons (Fsp3) is 0.0588. The Balaban J connectivity index is 2.12. The second kappa shape index (κ2) is 7.82. The van der Waals surface area contributed by atoms with Crippen LogP contribution in [0.2, 0.25) is 5.02 Å². The highest BCUT2D eigenvalue weighted by Crippen LogP contribution is 2.22. The molecule has 0 saturated carbocycles. The van der Waals surface area contributed by atoms with Crippen molar-refractivity contribution >= 4 is 44.8 Å². The van der Waals surface area contributed by atoms with Gasteiger partial charge < -0.3 is 10.6 Å². The van der Waals surface area contributed by atoms with E-state index in [4.69, 9.17) is 16.9 Å². The fourth-order valence-corrected chi connectivity index (χ4v) is 2.22. The van der Waals surface area contributed by atoms with Gasteiger partial charge in [-0.25, -0.2) is 0 Å². The Morgan fingerprint density at radius 3 is 2.70 bits per heavy atom. The summed E-state index contributed by atoms with van der Waals surface area (Å²) in [6.07, 6.45) is 1.37. The first-order valence-corrected chi connectivity index (χ1v) is 7.87. The zero-order chi connectivity index (χ0) is 16.8. The van der Waals surface area contributed by atoms with Gasteiger partial charge in [-0.15, -0.1) is 0 Å². The zero-order valence-corrected chi connectivity index (χ0v) is 14.6. The maximum atomic E-state index is 12.1. The van der Waals surface area contributed by atoms with Crippen LogP contribution in [-0.4, -0.2) is 5.91 Å². The normalized spacial score (nSPS) is 10.8. The molecular formula is C17H13BrClN3O. The number of nitrogens with zero attached hydrogens (tertiary/aromatic N) is 1. The lowest BCUT2D eigenvalue weighted by Crippen LogP contribution is -2.14. The number of aryl methyl sites for hydroxylation is 1. The van der Waals surface area contributed by atoms with Crippen molar-refractivity contribution in [3.63, 3.8) is 0 Å². The van der Waals surface area contributed by atoms with Gasteiger partial charge in [0, 0.05) is 16.4 Å². The van der Waals surface area contributed by atoms with Crippen molar-refractivity contribution in [2.75, 3.05) is 10.6 Å². The van der Waals surface area contributed by atoms with Crippen molar-refractivity contribution in [1.29, 1.82) is 5.26 Å². The third-order valence-electron chi connectivity index (χ3n) is 3.03. The highest BCUT2D eigenvalue weighted by atomic mass is 79.9. The topological polar surface area (TPSA) is 64.9 Å². The molecule has 0 fully saturated rings. The van der Waals surface area contributed by atoms with Crippen molar-refractivity contribution < 1.29 is 4.79 Å². The highest BCUT2D eigenvalue weighted by molar-refractivity contribution is 9.10. The molecule has 2 rings (SSSR count). The molecule has 0 aliphatic heterocycles. The maximum Gasteiger partial charge on any atom is 0.267 e. The third-order valence-corrected chi connectivity index (χ3v) is 4.25. The molecule has 2 aromatic carbocycles. The largest absolute Gasteiger partial charge is 0.360 e. The average Bonchev–Trinajstić information content (AvgIpc) is 2.53. The molecule has 0 heterocycles. The van der Waals surface area contributed by atoms with Gasteiger partial charge >= 0.3 is 0 Å². The predicted molar refractivity (Wildman–Crippen MR) is 96.3 cm³/mol. The van der Waals surface area contributed by atoms with Crippen molar-refractivity contribution in [3.8, 4) is 6.07 Å². The summed E-state index contributed by atoms with van der Waals surface area (Å²) < 4.78 is 0.990. The number of nitrogens with one attached hydrogen (secondary N) is 2. The van der Waals surface area contributed by atoms with Crippen LogP contribution in [0.25, 0.3) is 0 Å². The van der Waals surface area contributed by atoms with Crippen molar-refractivity contribution in [3.05, 3.63) is 69.3 Å². The van der Waals surface area contributed by atoms with Crippen LogP contribution >= 0.6 is 27.5 Å². The third kappa shape index (κ3) is 4.59. The Hall–Kier alpha value is -2.29. The van der Waals surface area contributed by atoms with E-state index in [1.54, 1.807) is 24.3 Å². The van der Waals surface area contributed by atoms with Crippen molar-refractivity contribution in [1.82, 2.24) is 0 Å². The Bertz CT molecular complexity index is 812. The van der Waals surface area contributed by atoms with Gasteiger partial charge in [-0.3, -0.25) is 4.79 Å². The van der Waals surface area contributed by atoms with Crippen LogP contribution in [0, 0.1) is 18.3 Å². The van der Waals surface area contributed by atoms with E-state index in [0.29, 0.717) is 10.7 Å². The summed E-state index contributed by atoms with van der Waals surface area (Å²) in [6.45, 7) is 1.95. The number of carbonyl (C=O) groups is 1. The second-order valence-corrected chi connectivity index (χ2v) is 5.97. The minimum absolute atomic E-state index is 0.0505. The Labute approximate surface area is 147 Å². The van der Waals surface area contributed by atoms with Gasteiger partial charge in [0.1, 0.15) is 11.6 Å². The molecule has 4 nitrogen and oxygen atoms in total. The summed E-state index contributed by atoms with van der Waals surface area (Å²) >= 11 is 9.40. The molecule has 1 amide bonds. The van der Waals surface area contributed by atoms with E-state index >= 15 is 0 Å². The SMILES string of the molecule is Cc1cc(N/C=C(/C#N)C(=O)Nc2ccccc2Cl)ccc1Br. The lowest BCUT2D eigenvalue weighted by molar-refractivity contribution is -0.112. The lowest BCUT2D eigenvalue weighted by Gasteiger charge is -2.07. The summed E-state index contributed by atoms with van der Waals surface area (Å²) in [7, 11) is 0. The van der Waals surface area contributed by atoms with Crippen LogP contribution in [0.3, 0.4) is 0 Å². The maximum absolute atomic E-state index is 12.1. The number of amides is 1. The first-order valence-electron chi connectivity index (χ1n) is 6.70. The molecule has 0 aliphatic rings. The van der Waals surface area contributed by atoms with Gasteiger partial charge in [0.05, 0.1) is 10.7 Å². The van der Waals surface area contributed by atoms with Crippen LogP contribution in [0.5, 0.6) is 0 Å². The van der Waals surface area contributed by atoms with E-state index in [1.165, 1.54) is 6.20 Å². The number of para-hydroxylation sites is 1. The van der Waals surface area contributed by atoms with Crippen LogP contribution in [-0.2, 0) is 4.79 Å². The molecular weight excluding hydrogens is 378 g/mol. The smallest absolute Gasteiger partial charge is 0.267 e. The van der Waals surface area contributed by atoms with E-state index < -0.39 is 5.91 Å². The van der Waals surface area contributed by atoms with Gasteiger partial charge in [-0.05, 0) is 42.8 Å². The summed E-state index contributed by atoms with van der Waals surface area (Å²) in [5, 5.41) is 15.1. The molecule has 0 radical (unpaired) electrons. The van der Waals surface area contributed by atoms with Gasteiger partial charge in [0.2, 0.25) is 0 Å². The second-order valence-electron chi connectivity index (χ2n) is 4.71. The van der Waals surface area contributed by atoms with E-state index in [-0.39, 0.29) is 5.57 Å². The number of benzene rings is 2. The van der Waals surface area contributed by atoms with Gasteiger partial charge in [-0.1, -0.05) is 39.7 Å². The van der Waals surface area contributed by atoms with Crippen LogP contribution < -0.4 is 10.6 Å². The molecule has 0 atom stereocenters. The number of hydrogen-bond donors (Lipinski definition) is 2. The molecule has 0 aliphatic carbocycles. The molecule has 116 valence electrons. The lowest BCUT2D eigenvalue weighted by atomic mass is 10.2. The molecule has 0 saturated heterocycles. The van der Waals surface area contributed by atoms with Crippen molar-refractivity contribution in [2.45, 2.75) is 6.92 Å². The van der Waals surface area contributed by atoms with Crippen LogP contribution in [0.1, 0.15) is 5.56 Å². The Kier molecular flexibility index (Phi) is 5.80. The number of rotatable bonds is 4. The molecule has 0 bridgehead atoms. The molecule has 2 aromatic rings. The number of halogens is 2. The van der Waals surface area contributed by atoms with E-state index in [1.807, 2.05) is 31.2 Å². The highest BCUT2D eigenvalue weighted by Gasteiger charge is 2.11. The van der Waals surface area contributed by atoms with E-state index in [2.05, 4.69) is 26.6 Å². The van der Waals surface area contributed by atoms with E-state index in [0.717, 1.165) is 15.7 Å². The minimum Gasteiger partial charge on any atom is -0.360 e. The summed E-state index contributed by atoms with van der Waals surface area (Å²) in [6, 6.07) is 14.3. The first-order chi connectivity index (χ1) is 11.0. The van der Waals surface area contributed by atoms with Gasteiger partial charge in [0.25, 0.3) is 5.91 Å². The van der Waals surface area contributed by atoms with Crippen molar-refractivity contribution in [2.24, 2.45) is 0 Å². The molecule has 23 heavy (non-hydrogen) atoms. The quantitative estimate of drug-likeness (QED) is 0.578. The van der Waals surface area contributed by atoms with Crippen LogP contribution in [0.15, 0.2) is 58.7 Å². The summed E-state index contributed by atoms with van der Waals surface area (Å²) in [5.41, 5.74) is 2.23. The Morgan fingerprint density at radius 2 is 2.04 bits per heavy atom. The number of carbonyl (C=O) groups excluding carboxylic acids is 1. The molecule has 0 unspecified atom stereocenters. The number of nitriles is 1. The Morgan fingerprint density at radius 1 is 1.30 bits per heavy atom. The zero-order valence-electron chi connectivity index (χ0n) is 12.2. The first kappa shape index (κ1) is 17.1. The molecule has 2 N–H and O–H groups in total. The monoisotopic (exact) mass is 389 g/mol. The standard InChI is InChI=1S/C17H13BrClN3O/c1-11-8-13(6-7-14(11)18)21-10-12(9-20)17(23)22-16-5-3-2-4-15(16)19/h2-8,10,21H,1H3,(H,22,23)/b12-10-. The van der Waals surface area contributed by atoms with E-state index in [9.17, 15) is 4.79 Å². The van der Waals surface area contributed by atoms with Gasteiger partial charge in [0.15, 0.2) is 0 Å². The minimum atomic E-state index is -0.526. The van der Waals surface area contributed by atoms with Gasteiger partial charge in [-0.2, -0.15) is 5.26 Å². The molecule has 0 spiro atoms. The number of anilines is 2. The fourth-order valence-electron chi connectivity index (χ4n) is 1.79. The molecule has 0 aromatic heterocycles. The number of hydrogen-bond acceptors (Lipinski definition) is 3. The average molecular weight is 391 g/mol. The van der Waals surface area contributed by atoms with Crippen LogP contribution in [0.4, 0.5) is 11.4 Å². The summed E-state index contributed by atoms with van der Waals surface area (Å²) in [4.78, 5) is 12.1.